The maximum absolute atomic E-state index is 9.28. The van der Waals surface area contributed by atoms with Crippen LogP contribution >= 0.6 is 11.6 Å². The first-order valence-corrected chi connectivity index (χ1v) is 5.08. The van der Waals surface area contributed by atoms with Crippen molar-refractivity contribution in [3.63, 3.8) is 0 Å². The molecule has 3 nitrogen and oxygen atoms in total. The molecule has 1 aliphatic rings. The van der Waals surface area contributed by atoms with Crippen LogP contribution in [0.1, 0.15) is 24.0 Å². The third-order valence-corrected chi connectivity index (χ3v) is 3.05. The molecule has 0 radical (unpaired) electrons. The molecule has 14 heavy (non-hydrogen) atoms. The zero-order valence-corrected chi connectivity index (χ0v) is 8.59. The molecular formula is C10H13ClN2O. The van der Waals surface area contributed by atoms with Gasteiger partial charge in [0.05, 0.1) is 12.1 Å². The molecule has 0 saturated carbocycles. The van der Waals surface area contributed by atoms with Gasteiger partial charge in [-0.15, -0.1) is 0 Å². The Morgan fingerprint density at radius 2 is 2.43 bits per heavy atom. The molecule has 1 heterocycles. The Bertz CT molecular complexity index is 356. The first kappa shape index (κ1) is 9.90. The van der Waals surface area contributed by atoms with Crippen molar-refractivity contribution < 1.29 is 5.11 Å². The maximum atomic E-state index is 9.28. The lowest BCUT2D eigenvalue weighted by atomic mass is 9.79. The van der Waals surface area contributed by atoms with E-state index in [0.29, 0.717) is 5.15 Å². The van der Waals surface area contributed by atoms with Crippen molar-refractivity contribution in [2.75, 3.05) is 6.61 Å². The molecule has 1 aromatic rings. The van der Waals surface area contributed by atoms with Crippen LogP contribution in [0.25, 0.3) is 0 Å². The fraction of sp³-hybridized carbons (Fsp3) is 0.500. The molecule has 1 aliphatic carbocycles. The van der Waals surface area contributed by atoms with Crippen molar-refractivity contribution in [1.82, 2.24) is 4.98 Å². The van der Waals surface area contributed by atoms with E-state index >= 15 is 0 Å². The summed E-state index contributed by atoms with van der Waals surface area (Å²) in [6, 6.07) is 1.84. The van der Waals surface area contributed by atoms with E-state index in [9.17, 15) is 5.11 Å². The number of nitrogens with zero attached hydrogens (tertiary/aromatic N) is 1. The molecule has 0 spiro atoms. The highest BCUT2D eigenvalue weighted by molar-refractivity contribution is 6.29. The zero-order valence-electron chi connectivity index (χ0n) is 7.83. The summed E-state index contributed by atoms with van der Waals surface area (Å²) in [6.07, 6.45) is 4.45. The lowest BCUT2D eigenvalue weighted by molar-refractivity contribution is 0.178. The zero-order chi connectivity index (χ0) is 10.2. The summed E-state index contributed by atoms with van der Waals surface area (Å²) in [5, 5.41) is 9.77. The average molecular weight is 213 g/mol. The summed E-state index contributed by atoms with van der Waals surface area (Å²) in [4.78, 5) is 4.01. The van der Waals surface area contributed by atoms with Gasteiger partial charge in [0.2, 0.25) is 0 Å². The normalized spacial score (nSPS) is 25.9. The van der Waals surface area contributed by atoms with Gasteiger partial charge >= 0.3 is 0 Å². The first-order chi connectivity index (χ1) is 6.65. The third kappa shape index (κ3) is 1.52. The van der Waals surface area contributed by atoms with Crippen LogP contribution in [-0.4, -0.2) is 16.7 Å². The van der Waals surface area contributed by atoms with Gasteiger partial charge < -0.3 is 10.8 Å². The number of nitrogens with two attached hydrogens (primary N) is 1. The van der Waals surface area contributed by atoms with Gasteiger partial charge in [-0.1, -0.05) is 11.6 Å². The monoisotopic (exact) mass is 212 g/mol. The summed E-state index contributed by atoms with van der Waals surface area (Å²) in [7, 11) is 0. The van der Waals surface area contributed by atoms with Crippen LogP contribution in [0.2, 0.25) is 5.15 Å². The molecule has 3 N–H and O–H groups in total. The van der Waals surface area contributed by atoms with Crippen LogP contribution in [-0.2, 0) is 12.0 Å². The van der Waals surface area contributed by atoms with Crippen LogP contribution in [0.4, 0.5) is 0 Å². The van der Waals surface area contributed by atoms with Crippen LogP contribution in [0, 0.1) is 0 Å². The minimum Gasteiger partial charge on any atom is -0.394 e. The number of halogens is 1. The average Bonchev–Trinajstić information content (AvgIpc) is 2.18. The largest absolute Gasteiger partial charge is 0.394 e. The predicted octanol–water partition coefficient (Wildman–Crippen LogP) is 1.22. The van der Waals surface area contributed by atoms with Crippen molar-refractivity contribution in [1.29, 1.82) is 0 Å². The Morgan fingerprint density at radius 3 is 3.14 bits per heavy atom. The molecule has 0 aliphatic heterocycles. The highest BCUT2D eigenvalue weighted by atomic mass is 35.5. The molecule has 0 unspecified atom stereocenters. The van der Waals surface area contributed by atoms with E-state index in [1.807, 2.05) is 6.07 Å². The Balaban J connectivity index is 2.50. The maximum Gasteiger partial charge on any atom is 0.129 e. The number of rotatable bonds is 1. The van der Waals surface area contributed by atoms with Crippen molar-refractivity contribution >= 4 is 11.6 Å². The van der Waals surface area contributed by atoms with Gasteiger partial charge in [-0.05, 0) is 36.5 Å². The highest BCUT2D eigenvalue weighted by Crippen LogP contribution is 2.33. The van der Waals surface area contributed by atoms with Gasteiger partial charge in [0, 0.05) is 6.20 Å². The number of aromatic nitrogens is 1. The van der Waals surface area contributed by atoms with E-state index in [-0.39, 0.29) is 6.61 Å². The van der Waals surface area contributed by atoms with Crippen molar-refractivity contribution in [3.05, 3.63) is 28.5 Å². The van der Waals surface area contributed by atoms with E-state index in [1.54, 1.807) is 6.20 Å². The van der Waals surface area contributed by atoms with Crippen LogP contribution in [0.15, 0.2) is 12.3 Å². The molecule has 1 aromatic heterocycles. The number of fused-ring (bicyclic) bond motifs is 1. The van der Waals surface area contributed by atoms with Gasteiger partial charge in [-0.3, -0.25) is 0 Å². The fourth-order valence-electron chi connectivity index (χ4n) is 2.02. The number of hydrogen-bond donors (Lipinski definition) is 2. The van der Waals surface area contributed by atoms with Crippen molar-refractivity contribution in [2.45, 2.75) is 24.8 Å². The van der Waals surface area contributed by atoms with Gasteiger partial charge in [-0.2, -0.15) is 0 Å². The molecule has 0 bridgehead atoms. The summed E-state index contributed by atoms with van der Waals surface area (Å²) in [5.41, 5.74) is 7.53. The number of aliphatic hydroxyl groups is 1. The second kappa shape index (κ2) is 3.50. The quantitative estimate of drug-likeness (QED) is 0.689. The highest BCUT2D eigenvalue weighted by Gasteiger charge is 2.32. The van der Waals surface area contributed by atoms with Crippen molar-refractivity contribution in [3.8, 4) is 0 Å². The van der Waals surface area contributed by atoms with Crippen LogP contribution in [0.3, 0.4) is 0 Å². The summed E-state index contributed by atoms with van der Waals surface area (Å²) >= 11 is 5.80. The van der Waals surface area contributed by atoms with E-state index in [2.05, 4.69) is 4.98 Å². The van der Waals surface area contributed by atoms with Gasteiger partial charge in [0.1, 0.15) is 5.15 Å². The van der Waals surface area contributed by atoms with Crippen molar-refractivity contribution in [2.24, 2.45) is 5.73 Å². The molecule has 76 valence electrons. The molecule has 2 rings (SSSR count). The van der Waals surface area contributed by atoms with E-state index < -0.39 is 5.54 Å². The fourth-order valence-corrected chi connectivity index (χ4v) is 2.20. The molecule has 0 saturated heterocycles. The van der Waals surface area contributed by atoms with Crippen LogP contribution in [0.5, 0.6) is 0 Å². The molecular weight excluding hydrogens is 200 g/mol. The van der Waals surface area contributed by atoms with Gasteiger partial charge in [0.25, 0.3) is 0 Å². The first-order valence-electron chi connectivity index (χ1n) is 4.70. The standard InChI is InChI=1S/C10H13ClN2O/c11-9-4-7-2-1-3-10(12,6-14)8(7)5-13-9/h4-5,14H,1-3,6,12H2/t10-/m0/s1. The lowest BCUT2D eigenvalue weighted by Crippen LogP contribution is -2.43. The predicted molar refractivity (Wildman–Crippen MR) is 55.1 cm³/mol. The Hall–Kier alpha value is -0.640. The smallest absolute Gasteiger partial charge is 0.129 e. The van der Waals surface area contributed by atoms with Gasteiger partial charge in [-0.25, -0.2) is 4.98 Å². The summed E-state index contributed by atoms with van der Waals surface area (Å²) < 4.78 is 0. The SMILES string of the molecule is N[C@]1(CO)CCCc2cc(Cl)ncc21. The van der Waals surface area contributed by atoms with E-state index in [4.69, 9.17) is 17.3 Å². The Kier molecular flexibility index (Phi) is 2.47. The second-order valence-corrected chi connectivity index (χ2v) is 4.22. The van der Waals surface area contributed by atoms with Gasteiger partial charge in [0.15, 0.2) is 0 Å². The Labute approximate surface area is 87.9 Å². The number of aliphatic hydroxyl groups excluding tert-OH is 1. The van der Waals surface area contributed by atoms with E-state index in [1.165, 1.54) is 0 Å². The molecule has 0 amide bonds. The molecule has 1 atom stereocenters. The topological polar surface area (TPSA) is 59.1 Å². The second-order valence-electron chi connectivity index (χ2n) is 3.83. The lowest BCUT2D eigenvalue weighted by Gasteiger charge is -2.33. The molecule has 0 aromatic carbocycles. The minimum atomic E-state index is -0.620. The molecule has 0 fully saturated rings. The number of aryl methyl sites for hydroxylation is 1. The minimum absolute atomic E-state index is 0.0384. The number of pyridine rings is 1. The Morgan fingerprint density at radius 1 is 1.64 bits per heavy atom. The summed E-state index contributed by atoms with van der Waals surface area (Å²) in [6.45, 7) is -0.0384. The summed E-state index contributed by atoms with van der Waals surface area (Å²) in [5.74, 6) is 0. The molecule has 4 heteroatoms. The number of hydrogen-bond acceptors (Lipinski definition) is 3. The third-order valence-electron chi connectivity index (χ3n) is 2.84. The van der Waals surface area contributed by atoms with E-state index in [0.717, 1.165) is 30.4 Å². The van der Waals surface area contributed by atoms with Crippen LogP contribution < -0.4 is 5.73 Å².